The summed E-state index contributed by atoms with van der Waals surface area (Å²) in [5, 5.41) is 13.1. The number of fused-ring (bicyclic) bond motifs is 1. The summed E-state index contributed by atoms with van der Waals surface area (Å²) in [7, 11) is 0. The van der Waals surface area contributed by atoms with Crippen LogP contribution >= 0.6 is 11.5 Å². The van der Waals surface area contributed by atoms with E-state index in [0.717, 1.165) is 10.4 Å². The van der Waals surface area contributed by atoms with Crippen LogP contribution in [0.4, 0.5) is 0 Å². The highest BCUT2D eigenvalue weighted by Crippen LogP contribution is 2.24. The van der Waals surface area contributed by atoms with Gasteiger partial charge in [0, 0.05) is 6.04 Å². The lowest BCUT2D eigenvalue weighted by Crippen LogP contribution is -2.23. The molecular formula is C13H12N2O2S. The number of hydrogen-bond acceptors (Lipinski definition) is 4. The summed E-state index contributed by atoms with van der Waals surface area (Å²) in [5.41, 5.74) is 0.780. The van der Waals surface area contributed by atoms with E-state index in [9.17, 15) is 9.90 Å². The molecule has 4 nitrogen and oxygen atoms in total. The Kier molecular flexibility index (Phi) is 2.48. The van der Waals surface area contributed by atoms with Gasteiger partial charge in [0.15, 0.2) is 0 Å². The molecule has 0 amide bonds. The Bertz CT molecular complexity index is 724. The van der Waals surface area contributed by atoms with E-state index in [1.807, 2.05) is 25.3 Å². The molecule has 1 aliphatic heterocycles. The summed E-state index contributed by atoms with van der Waals surface area (Å²) in [6.07, 6.45) is 5.71. The number of rotatable bonds is 1. The second-order valence-corrected chi connectivity index (χ2v) is 5.24. The van der Waals surface area contributed by atoms with E-state index in [0.29, 0.717) is 5.39 Å². The minimum atomic E-state index is -0.0871. The number of aromatic nitrogens is 1. The fourth-order valence-electron chi connectivity index (χ4n) is 1.96. The second-order valence-electron chi connectivity index (χ2n) is 4.25. The number of nitrogens with zero attached hydrogens (tertiary/aromatic N) is 1. The first-order valence-corrected chi connectivity index (χ1v) is 6.42. The first-order chi connectivity index (χ1) is 8.65. The van der Waals surface area contributed by atoms with Gasteiger partial charge in [0.1, 0.15) is 5.75 Å². The molecule has 2 aromatic rings. The number of phenols is 1. The van der Waals surface area contributed by atoms with E-state index in [-0.39, 0.29) is 17.4 Å². The van der Waals surface area contributed by atoms with Gasteiger partial charge in [-0.15, -0.1) is 0 Å². The van der Waals surface area contributed by atoms with Gasteiger partial charge < -0.3 is 10.4 Å². The summed E-state index contributed by atoms with van der Waals surface area (Å²) in [6, 6.07) is 5.08. The largest absolute Gasteiger partial charge is 0.508 e. The fourth-order valence-corrected chi connectivity index (χ4v) is 2.94. The molecule has 0 saturated carbocycles. The molecular weight excluding hydrogens is 248 g/mol. The summed E-state index contributed by atoms with van der Waals surface area (Å²) >= 11 is 1.39. The third-order valence-electron chi connectivity index (χ3n) is 2.84. The van der Waals surface area contributed by atoms with Gasteiger partial charge >= 0.3 is 0 Å². The van der Waals surface area contributed by atoms with Gasteiger partial charge in [-0.1, -0.05) is 11.5 Å². The lowest BCUT2D eigenvalue weighted by atomic mass is 10.2. The molecule has 1 aliphatic rings. The zero-order valence-corrected chi connectivity index (χ0v) is 10.6. The average Bonchev–Trinajstić information content (AvgIpc) is 2.67. The maximum Gasteiger partial charge on any atom is 0.273 e. The molecule has 0 aliphatic carbocycles. The molecule has 5 heteroatoms. The quantitative estimate of drug-likeness (QED) is 0.825. The topological polar surface area (TPSA) is 54.3 Å². The number of phenolic OH excluding ortho intramolecular Hbond substituents is 1. The summed E-state index contributed by atoms with van der Waals surface area (Å²) < 4.78 is 2.52. The number of benzene rings is 1. The molecule has 1 aromatic heterocycles. The highest BCUT2D eigenvalue weighted by atomic mass is 32.1. The number of nitrogens with one attached hydrogen (secondary N) is 1. The lowest BCUT2D eigenvalue weighted by molar-refractivity contribution is 0.476. The molecule has 92 valence electrons. The van der Waals surface area contributed by atoms with Crippen LogP contribution in [0.2, 0.25) is 0 Å². The predicted molar refractivity (Wildman–Crippen MR) is 73.8 cm³/mol. The highest BCUT2D eigenvalue weighted by molar-refractivity contribution is 7.14. The monoisotopic (exact) mass is 260 g/mol. The predicted octanol–water partition coefficient (Wildman–Crippen LogP) is 2.11. The van der Waals surface area contributed by atoms with Crippen molar-refractivity contribution in [3.05, 3.63) is 46.9 Å². The minimum absolute atomic E-state index is 0.0871. The van der Waals surface area contributed by atoms with E-state index in [2.05, 4.69) is 5.32 Å². The van der Waals surface area contributed by atoms with Crippen molar-refractivity contribution in [1.29, 1.82) is 0 Å². The van der Waals surface area contributed by atoms with E-state index in [1.54, 1.807) is 16.1 Å². The molecule has 1 unspecified atom stereocenters. The highest BCUT2D eigenvalue weighted by Gasteiger charge is 2.12. The van der Waals surface area contributed by atoms with Crippen LogP contribution in [0.1, 0.15) is 6.92 Å². The fraction of sp³-hybridized carbons (Fsp3) is 0.154. The van der Waals surface area contributed by atoms with Crippen LogP contribution in [0.15, 0.2) is 41.3 Å². The number of hydrogen-bond donors (Lipinski definition) is 2. The van der Waals surface area contributed by atoms with Crippen molar-refractivity contribution >= 4 is 27.3 Å². The Labute approximate surface area is 108 Å². The van der Waals surface area contributed by atoms with Gasteiger partial charge in [-0.2, -0.15) is 0 Å². The van der Waals surface area contributed by atoms with Crippen molar-refractivity contribution in [1.82, 2.24) is 9.27 Å². The summed E-state index contributed by atoms with van der Waals surface area (Å²) in [6.45, 7) is 2.02. The molecule has 1 atom stereocenters. The normalized spacial score (nSPS) is 18.7. The first-order valence-electron chi connectivity index (χ1n) is 5.65. The van der Waals surface area contributed by atoms with Crippen LogP contribution in [-0.2, 0) is 0 Å². The van der Waals surface area contributed by atoms with Gasteiger partial charge in [0.2, 0.25) is 0 Å². The van der Waals surface area contributed by atoms with Crippen molar-refractivity contribution in [2.24, 2.45) is 0 Å². The molecule has 1 aromatic carbocycles. The molecule has 0 spiro atoms. The third-order valence-corrected chi connectivity index (χ3v) is 3.95. The molecule has 0 radical (unpaired) electrons. The second kappa shape index (κ2) is 4.03. The Balaban J connectivity index is 2.22. The van der Waals surface area contributed by atoms with Gasteiger partial charge in [0.25, 0.3) is 5.56 Å². The maximum absolute atomic E-state index is 12.3. The van der Waals surface area contributed by atoms with Crippen molar-refractivity contribution in [2.45, 2.75) is 13.0 Å². The average molecular weight is 260 g/mol. The Morgan fingerprint density at radius 2 is 2.28 bits per heavy atom. The van der Waals surface area contributed by atoms with Crippen molar-refractivity contribution < 1.29 is 5.11 Å². The van der Waals surface area contributed by atoms with Crippen LogP contribution in [0, 0.1) is 0 Å². The molecule has 2 N–H and O–H groups in total. The lowest BCUT2D eigenvalue weighted by Gasteiger charge is -2.14. The van der Waals surface area contributed by atoms with Gasteiger partial charge in [-0.25, -0.2) is 3.96 Å². The Morgan fingerprint density at radius 3 is 3.06 bits per heavy atom. The third kappa shape index (κ3) is 1.73. The Hall–Kier alpha value is -2.01. The first kappa shape index (κ1) is 11.1. The van der Waals surface area contributed by atoms with Crippen LogP contribution < -0.4 is 10.9 Å². The van der Waals surface area contributed by atoms with Gasteiger partial charge in [-0.3, -0.25) is 4.79 Å². The molecule has 0 fully saturated rings. The van der Waals surface area contributed by atoms with E-state index in [4.69, 9.17) is 0 Å². The molecule has 0 saturated heterocycles. The molecule has 2 heterocycles. The number of aromatic hydroxyl groups is 1. The molecule has 0 bridgehead atoms. The number of dihydropyridines is 1. The van der Waals surface area contributed by atoms with Crippen molar-refractivity contribution in [3.63, 3.8) is 0 Å². The van der Waals surface area contributed by atoms with E-state index >= 15 is 0 Å². The van der Waals surface area contributed by atoms with Crippen LogP contribution in [-0.4, -0.2) is 15.1 Å². The smallest absolute Gasteiger partial charge is 0.273 e. The van der Waals surface area contributed by atoms with Gasteiger partial charge in [-0.05, 0) is 43.5 Å². The van der Waals surface area contributed by atoms with E-state index in [1.165, 1.54) is 17.6 Å². The molecule has 18 heavy (non-hydrogen) atoms. The van der Waals surface area contributed by atoms with Crippen LogP contribution in [0.5, 0.6) is 5.75 Å². The zero-order chi connectivity index (χ0) is 12.7. The van der Waals surface area contributed by atoms with Crippen LogP contribution in [0.3, 0.4) is 0 Å². The Morgan fingerprint density at radius 1 is 1.44 bits per heavy atom. The zero-order valence-electron chi connectivity index (χ0n) is 9.75. The summed E-state index contributed by atoms with van der Waals surface area (Å²) in [5.74, 6) is 0.118. The SMILES string of the molecule is CC1C=C(n2sc3ccc(O)cc3c2=O)C=CN1. The summed E-state index contributed by atoms with van der Waals surface area (Å²) in [4.78, 5) is 12.3. The van der Waals surface area contributed by atoms with E-state index < -0.39 is 0 Å². The van der Waals surface area contributed by atoms with Gasteiger partial charge in [0.05, 0.1) is 15.8 Å². The standard InChI is InChI=1S/C13H12N2O2S/c1-8-6-9(4-5-14-8)15-13(17)11-7-10(16)2-3-12(11)18-15/h2-8,14,16H,1H3. The van der Waals surface area contributed by atoms with Crippen LogP contribution in [0.25, 0.3) is 15.8 Å². The number of allylic oxidation sites excluding steroid dienone is 2. The minimum Gasteiger partial charge on any atom is -0.508 e. The molecule has 3 rings (SSSR count). The van der Waals surface area contributed by atoms with Crippen molar-refractivity contribution in [2.75, 3.05) is 0 Å². The maximum atomic E-state index is 12.3. The van der Waals surface area contributed by atoms with Crippen molar-refractivity contribution in [3.8, 4) is 5.75 Å².